The third-order valence-corrected chi connectivity index (χ3v) is 17.9. The van der Waals surface area contributed by atoms with Gasteiger partial charge in [0, 0.05) is 6.42 Å². The Morgan fingerprint density at radius 3 is 1.08 bits per heavy atom. The maximum atomic E-state index is 13.2. The summed E-state index contributed by atoms with van der Waals surface area (Å²) < 4.78 is 11.4. The second-order valence-corrected chi connectivity index (χ2v) is 26.1. The average Bonchev–Trinajstić information content (AvgIpc) is 3.68. The van der Waals surface area contributed by atoms with Gasteiger partial charge in [0.2, 0.25) is 5.91 Å². The Balaban J connectivity index is 2.07. The highest BCUT2D eigenvalue weighted by Crippen LogP contribution is 2.24. The average molecular weight is 1200 g/mol. The molecule has 500 valence electrons. The molecule has 1 amide bonds. The lowest BCUT2D eigenvalue weighted by Gasteiger charge is -2.40. The summed E-state index contributed by atoms with van der Waals surface area (Å²) in [5.41, 5.74) is 0. The number of unbranched alkanes of at least 4 members (excludes halogenated alkanes) is 48. The number of allylic oxidation sites excluding steroid dienone is 8. The molecule has 85 heavy (non-hydrogen) atoms. The quantitative estimate of drug-likeness (QED) is 0.0261. The number of aliphatic hydroxyl groups is 5. The van der Waals surface area contributed by atoms with Crippen molar-refractivity contribution in [2.75, 3.05) is 13.2 Å². The van der Waals surface area contributed by atoms with E-state index >= 15 is 0 Å². The number of hydrogen-bond acceptors (Lipinski definition) is 8. The molecule has 0 aromatic rings. The largest absolute Gasteiger partial charge is 0.394 e. The van der Waals surface area contributed by atoms with Crippen molar-refractivity contribution in [1.82, 2.24) is 5.32 Å². The van der Waals surface area contributed by atoms with Crippen LogP contribution in [-0.4, -0.2) is 87.5 Å². The van der Waals surface area contributed by atoms with Gasteiger partial charge >= 0.3 is 0 Å². The zero-order valence-electron chi connectivity index (χ0n) is 56.1. The van der Waals surface area contributed by atoms with E-state index < -0.39 is 49.5 Å². The Morgan fingerprint density at radius 2 is 0.729 bits per heavy atom. The molecule has 0 radical (unpaired) electrons. The van der Waals surface area contributed by atoms with Crippen molar-refractivity contribution >= 4 is 5.91 Å². The van der Waals surface area contributed by atoms with Gasteiger partial charge in [0.1, 0.15) is 24.4 Å². The van der Waals surface area contributed by atoms with Gasteiger partial charge in [-0.2, -0.15) is 0 Å². The SMILES string of the molecule is CC/C=C\C/C=C\C/C=C\C/C=C\CCCCCCCCCCCCCCCCCCCCCCC(=O)NC(COC1OC(CO)C(O)C(O)C1O)C(O)CCCCCCCCCCCCCCCCCCCCCCCCCCCCCCC. The Labute approximate surface area is 526 Å². The Morgan fingerprint density at radius 1 is 0.412 bits per heavy atom. The van der Waals surface area contributed by atoms with E-state index in [0.717, 1.165) is 64.2 Å². The first-order valence-electron chi connectivity index (χ1n) is 37.3. The van der Waals surface area contributed by atoms with Crippen LogP contribution in [0.15, 0.2) is 48.6 Å². The minimum Gasteiger partial charge on any atom is -0.394 e. The number of aliphatic hydroxyl groups excluding tert-OH is 5. The van der Waals surface area contributed by atoms with E-state index in [1.165, 1.54) is 283 Å². The third-order valence-electron chi connectivity index (χ3n) is 17.9. The van der Waals surface area contributed by atoms with Crippen LogP contribution in [0.3, 0.4) is 0 Å². The van der Waals surface area contributed by atoms with Crippen molar-refractivity contribution in [2.24, 2.45) is 0 Å². The highest BCUT2D eigenvalue weighted by atomic mass is 16.7. The minimum absolute atomic E-state index is 0.134. The monoisotopic (exact) mass is 1200 g/mol. The van der Waals surface area contributed by atoms with Gasteiger partial charge in [-0.25, -0.2) is 0 Å². The summed E-state index contributed by atoms with van der Waals surface area (Å²) in [4.78, 5) is 13.2. The summed E-state index contributed by atoms with van der Waals surface area (Å²) in [6.45, 7) is 3.78. The van der Waals surface area contributed by atoms with E-state index in [0.29, 0.717) is 12.8 Å². The van der Waals surface area contributed by atoms with Crippen molar-refractivity contribution in [2.45, 2.75) is 416 Å². The van der Waals surface area contributed by atoms with Gasteiger partial charge in [0.15, 0.2) is 6.29 Å². The summed E-state index contributed by atoms with van der Waals surface area (Å²) in [5, 5.41) is 55.0. The molecule has 1 aliphatic rings. The summed E-state index contributed by atoms with van der Waals surface area (Å²) >= 11 is 0. The molecule has 0 aromatic carbocycles. The maximum absolute atomic E-state index is 13.2. The summed E-state index contributed by atoms with van der Waals surface area (Å²) in [6, 6.07) is -0.720. The van der Waals surface area contributed by atoms with Crippen LogP contribution in [0.2, 0.25) is 0 Å². The van der Waals surface area contributed by atoms with Gasteiger partial charge < -0.3 is 40.3 Å². The van der Waals surface area contributed by atoms with Crippen molar-refractivity contribution < 1.29 is 39.8 Å². The molecule has 7 atom stereocenters. The molecule has 1 saturated heterocycles. The summed E-state index contributed by atoms with van der Waals surface area (Å²) in [6.07, 6.45) is 82.0. The molecule has 0 bridgehead atoms. The van der Waals surface area contributed by atoms with Crippen molar-refractivity contribution in [3.05, 3.63) is 48.6 Å². The molecule has 1 rings (SSSR count). The molecule has 9 nitrogen and oxygen atoms in total. The molecule has 1 aliphatic heterocycles. The molecule has 0 aromatic heterocycles. The Kier molecular flexibility index (Phi) is 62.2. The first-order chi connectivity index (χ1) is 41.8. The zero-order valence-corrected chi connectivity index (χ0v) is 56.1. The van der Waals surface area contributed by atoms with Crippen molar-refractivity contribution in [3.8, 4) is 0 Å². The minimum atomic E-state index is -1.55. The fourth-order valence-electron chi connectivity index (χ4n) is 12.2. The van der Waals surface area contributed by atoms with E-state index in [4.69, 9.17) is 9.47 Å². The highest BCUT2D eigenvalue weighted by Gasteiger charge is 2.44. The molecule has 0 aliphatic carbocycles. The lowest BCUT2D eigenvalue weighted by molar-refractivity contribution is -0.302. The third kappa shape index (κ3) is 53.7. The second kappa shape index (κ2) is 65.1. The fraction of sp³-hybridized carbons (Fsp3) is 0.882. The Hall–Kier alpha value is -1.85. The number of carbonyl (C=O) groups excluding carboxylic acids is 1. The molecular weight excluding hydrogens is 1050 g/mol. The molecule has 0 saturated carbocycles. The highest BCUT2D eigenvalue weighted by molar-refractivity contribution is 5.76. The van der Waals surface area contributed by atoms with Crippen LogP contribution in [0, 0.1) is 0 Å². The maximum Gasteiger partial charge on any atom is 0.220 e. The molecule has 7 unspecified atom stereocenters. The van der Waals surface area contributed by atoms with Crippen LogP contribution < -0.4 is 5.32 Å². The normalized spacial score (nSPS) is 18.3. The smallest absolute Gasteiger partial charge is 0.220 e. The first-order valence-corrected chi connectivity index (χ1v) is 37.3. The molecule has 1 heterocycles. The number of carbonyl (C=O) groups is 1. The predicted molar refractivity (Wildman–Crippen MR) is 364 cm³/mol. The number of amides is 1. The number of ether oxygens (including phenoxy) is 2. The number of hydrogen-bond donors (Lipinski definition) is 6. The van der Waals surface area contributed by atoms with E-state index in [1.807, 2.05) is 0 Å². The standard InChI is InChI=1S/C76H143NO8/c1-3-5-7-9-11-13-15-17-19-21-23-25-27-29-31-33-34-35-36-38-40-42-44-46-48-50-52-54-56-58-60-62-64-66-72(80)77-69(68-84-76-75(83)74(82)73(81)71(67-78)85-76)70(79)65-63-61-59-57-55-53-51-49-47-45-43-41-39-37-32-30-28-26-24-22-20-18-16-14-12-10-8-6-4-2/h5,7,11,13,17,19,23,25,69-71,73-76,78-79,81-83H,3-4,6,8-10,12,14-16,18,20-22,24,26-68H2,1-2H3,(H,77,80)/b7-5-,13-11-,19-17-,25-23-. The van der Waals surface area contributed by atoms with E-state index in [9.17, 15) is 30.3 Å². The van der Waals surface area contributed by atoms with Crippen molar-refractivity contribution in [3.63, 3.8) is 0 Å². The summed E-state index contributed by atoms with van der Waals surface area (Å²) in [7, 11) is 0. The van der Waals surface area contributed by atoms with Crippen LogP contribution in [-0.2, 0) is 14.3 Å². The van der Waals surface area contributed by atoms with Gasteiger partial charge in [-0.05, 0) is 51.4 Å². The molecule has 0 spiro atoms. The van der Waals surface area contributed by atoms with Crippen LogP contribution in [0.5, 0.6) is 0 Å². The lowest BCUT2D eigenvalue weighted by atomic mass is 9.99. The van der Waals surface area contributed by atoms with Crippen LogP contribution in [0.1, 0.15) is 373 Å². The van der Waals surface area contributed by atoms with Gasteiger partial charge in [-0.15, -0.1) is 0 Å². The zero-order chi connectivity index (χ0) is 61.4. The lowest BCUT2D eigenvalue weighted by Crippen LogP contribution is -2.60. The fourth-order valence-corrected chi connectivity index (χ4v) is 12.2. The van der Waals surface area contributed by atoms with Gasteiger partial charge in [-0.3, -0.25) is 4.79 Å². The van der Waals surface area contributed by atoms with Gasteiger partial charge in [-0.1, -0.05) is 364 Å². The van der Waals surface area contributed by atoms with Crippen LogP contribution in [0.4, 0.5) is 0 Å². The molecule has 9 heteroatoms. The molecule has 1 fully saturated rings. The van der Waals surface area contributed by atoms with Crippen LogP contribution >= 0.6 is 0 Å². The van der Waals surface area contributed by atoms with Gasteiger partial charge in [0.25, 0.3) is 0 Å². The van der Waals surface area contributed by atoms with Crippen LogP contribution in [0.25, 0.3) is 0 Å². The van der Waals surface area contributed by atoms with E-state index in [-0.39, 0.29) is 12.5 Å². The van der Waals surface area contributed by atoms with Crippen molar-refractivity contribution in [1.29, 1.82) is 0 Å². The molecular formula is C76H143NO8. The number of rotatable bonds is 66. The Bertz CT molecular complexity index is 1480. The van der Waals surface area contributed by atoms with E-state index in [2.05, 4.69) is 67.8 Å². The first kappa shape index (κ1) is 81.2. The predicted octanol–water partition coefficient (Wildman–Crippen LogP) is 20.8. The number of nitrogens with one attached hydrogen (secondary N) is 1. The molecule has 6 N–H and O–H groups in total. The second-order valence-electron chi connectivity index (χ2n) is 26.1. The topological polar surface area (TPSA) is 149 Å². The van der Waals surface area contributed by atoms with Gasteiger partial charge in [0.05, 0.1) is 25.4 Å². The van der Waals surface area contributed by atoms with E-state index in [1.54, 1.807) is 0 Å². The summed E-state index contributed by atoms with van der Waals surface area (Å²) in [5.74, 6) is -0.137.